The highest BCUT2D eigenvalue weighted by molar-refractivity contribution is 5.99. The smallest absolute Gasteiger partial charge is 0.252 e. The van der Waals surface area contributed by atoms with Crippen molar-refractivity contribution in [3.63, 3.8) is 0 Å². The summed E-state index contributed by atoms with van der Waals surface area (Å²) in [7, 11) is 0. The minimum absolute atomic E-state index is 0.146. The van der Waals surface area contributed by atoms with Crippen molar-refractivity contribution in [2.45, 2.75) is 52.4 Å². The lowest BCUT2D eigenvalue weighted by molar-refractivity contribution is 0.399. The number of nitriles is 1. The van der Waals surface area contributed by atoms with E-state index >= 15 is 0 Å². The van der Waals surface area contributed by atoms with Crippen molar-refractivity contribution >= 4 is 17.3 Å². The Morgan fingerprint density at radius 2 is 2.00 bits per heavy atom. The van der Waals surface area contributed by atoms with Crippen LogP contribution >= 0.6 is 0 Å². The van der Waals surface area contributed by atoms with Crippen molar-refractivity contribution in [3.8, 4) is 6.07 Å². The van der Waals surface area contributed by atoms with Crippen LogP contribution in [0.15, 0.2) is 27.7 Å². The molecule has 1 aliphatic rings. The number of hydrazone groups is 1. The third-order valence-electron chi connectivity index (χ3n) is 4.76. The maximum atomic E-state index is 14.6. The van der Waals surface area contributed by atoms with Crippen LogP contribution in [0.3, 0.4) is 0 Å². The van der Waals surface area contributed by atoms with Gasteiger partial charge in [-0.15, -0.1) is 0 Å². The van der Waals surface area contributed by atoms with E-state index in [9.17, 15) is 9.65 Å². The molecule has 1 N–H and O–H groups in total. The maximum absolute atomic E-state index is 14.6. The van der Waals surface area contributed by atoms with E-state index in [2.05, 4.69) is 20.4 Å². The Kier molecular flexibility index (Phi) is 5.68. The summed E-state index contributed by atoms with van der Waals surface area (Å²) in [5, 5.41) is 13.5. The molecule has 1 saturated heterocycles. The van der Waals surface area contributed by atoms with Gasteiger partial charge in [0.2, 0.25) is 11.6 Å². The van der Waals surface area contributed by atoms with E-state index in [0.29, 0.717) is 22.9 Å². The average molecular weight is 383 g/mol. The number of benzene rings is 1. The second-order valence-corrected chi connectivity index (χ2v) is 8.08. The van der Waals surface area contributed by atoms with E-state index < -0.39 is 0 Å². The van der Waals surface area contributed by atoms with Crippen molar-refractivity contribution in [2.24, 2.45) is 5.10 Å². The Hall–Kier alpha value is -2.88. The van der Waals surface area contributed by atoms with E-state index in [4.69, 9.17) is 4.42 Å². The van der Waals surface area contributed by atoms with Crippen LogP contribution in [-0.4, -0.2) is 23.8 Å². The number of nitrogens with zero attached hydrogens (tertiary/aromatic N) is 4. The Morgan fingerprint density at radius 1 is 1.29 bits per heavy atom. The molecule has 7 heteroatoms. The third-order valence-corrected chi connectivity index (χ3v) is 4.76. The summed E-state index contributed by atoms with van der Waals surface area (Å²) in [6, 6.07) is 7.17. The summed E-state index contributed by atoms with van der Waals surface area (Å²) in [5.41, 5.74) is 4.47. The molecule has 6 nitrogen and oxygen atoms in total. The summed E-state index contributed by atoms with van der Waals surface area (Å²) < 4.78 is 20.3. The van der Waals surface area contributed by atoms with Gasteiger partial charge in [-0.3, -0.25) is 0 Å². The number of anilines is 2. The first-order valence-corrected chi connectivity index (χ1v) is 9.56. The van der Waals surface area contributed by atoms with Gasteiger partial charge in [-0.1, -0.05) is 26.8 Å². The maximum Gasteiger partial charge on any atom is 0.252 e. The van der Waals surface area contributed by atoms with Crippen LogP contribution < -0.4 is 10.3 Å². The van der Waals surface area contributed by atoms with Crippen molar-refractivity contribution in [1.29, 1.82) is 5.26 Å². The fourth-order valence-electron chi connectivity index (χ4n) is 3.11. The largest absolute Gasteiger partial charge is 0.421 e. The second kappa shape index (κ2) is 8.01. The van der Waals surface area contributed by atoms with Crippen molar-refractivity contribution < 1.29 is 8.81 Å². The molecule has 28 heavy (non-hydrogen) atoms. The van der Waals surface area contributed by atoms with E-state index in [1.54, 1.807) is 6.92 Å². The minimum Gasteiger partial charge on any atom is -0.421 e. The predicted octanol–water partition coefficient (Wildman–Crippen LogP) is 4.81. The van der Waals surface area contributed by atoms with Crippen LogP contribution in [0, 0.1) is 17.1 Å². The number of piperidine rings is 1. The molecule has 0 aliphatic carbocycles. The molecule has 0 spiro atoms. The molecule has 0 bridgehead atoms. The molecule has 1 aromatic carbocycles. The van der Waals surface area contributed by atoms with E-state index in [0.717, 1.165) is 25.9 Å². The minimum atomic E-state index is -0.322. The zero-order chi connectivity index (χ0) is 20.3. The number of nitrogens with one attached hydrogen (secondary N) is 1. The van der Waals surface area contributed by atoms with Crippen molar-refractivity contribution in [2.75, 3.05) is 23.4 Å². The normalized spacial score (nSPS) is 15.4. The highest BCUT2D eigenvalue weighted by Crippen LogP contribution is 2.27. The Morgan fingerprint density at radius 3 is 2.61 bits per heavy atom. The first kappa shape index (κ1) is 19.9. The number of hydrogen-bond donors (Lipinski definition) is 1. The second-order valence-electron chi connectivity index (χ2n) is 8.08. The lowest BCUT2D eigenvalue weighted by Crippen LogP contribution is -2.30. The fourth-order valence-corrected chi connectivity index (χ4v) is 3.11. The van der Waals surface area contributed by atoms with Crippen LogP contribution in [0.5, 0.6) is 0 Å². The highest BCUT2D eigenvalue weighted by Gasteiger charge is 2.24. The van der Waals surface area contributed by atoms with Gasteiger partial charge in [-0.05, 0) is 38.3 Å². The Labute approximate surface area is 165 Å². The number of aromatic nitrogens is 1. The van der Waals surface area contributed by atoms with Crippen LogP contribution in [0.25, 0.3) is 0 Å². The summed E-state index contributed by atoms with van der Waals surface area (Å²) in [6.45, 7) is 9.41. The molecular formula is C21H26FN5O. The first-order valence-electron chi connectivity index (χ1n) is 9.56. The van der Waals surface area contributed by atoms with Crippen LogP contribution in [0.2, 0.25) is 0 Å². The molecule has 1 aliphatic heterocycles. The molecule has 1 aromatic heterocycles. The Balaban J connectivity index is 1.78. The quantitative estimate of drug-likeness (QED) is 0.606. The van der Waals surface area contributed by atoms with Crippen molar-refractivity contribution in [1.82, 2.24) is 4.98 Å². The monoisotopic (exact) mass is 383 g/mol. The van der Waals surface area contributed by atoms with Crippen LogP contribution in [0.4, 0.5) is 16.0 Å². The zero-order valence-corrected chi connectivity index (χ0v) is 16.8. The topological polar surface area (TPSA) is 77.5 Å². The molecule has 0 radical (unpaired) electrons. The van der Waals surface area contributed by atoms with Gasteiger partial charge in [-0.2, -0.15) is 15.3 Å². The lowest BCUT2D eigenvalue weighted by Gasteiger charge is -2.29. The zero-order valence-electron chi connectivity index (χ0n) is 16.8. The summed E-state index contributed by atoms with van der Waals surface area (Å²) in [5.74, 6) is 0.398. The lowest BCUT2D eigenvalue weighted by atomic mass is 9.97. The van der Waals surface area contributed by atoms with Gasteiger partial charge in [0, 0.05) is 24.1 Å². The molecular weight excluding hydrogens is 357 g/mol. The van der Waals surface area contributed by atoms with E-state index in [1.807, 2.05) is 39.0 Å². The van der Waals surface area contributed by atoms with E-state index in [-0.39, 0.29) is 22.8 Å². The highest BCUT2D eigenvalue weighted by atomic mass is 19.1. The van der Waals surface area contributed by atoms with Gasteiger partial charge < -0.3 is 9.32 Å². The average Bonchev–Trinajstić information content (AvgIpc) is 3.10. The van der Waals surface area contributed by atoms with Gasteiger partial charge >= 0.3 is 0 Å². The fraction of sp³-hybridized carbons (Fsp3) is 0.476. The van der Waals surface area contributed by atoms with E-state index in [1.165, 1.54) is 12.5 Å². The third kappa shape index (κ3) is 4.33. The van der Waals surface area contributed by atoms with Crippen LogP contribution in [-0.2, 0) is 5.41 Å². The molecule has 1 fully saturated rings. The molecule has 2 aromatic rings. The summed E-state index contributed by atoms with van der Waals surface area (Å²) >= 11 is 0. The molecule has 0 amide bonds. The summed E-state index contributed by atoms with van der Waals surface area (Å²) in [6.07, 6.45) is 3.40. The molecule has 3 rings (SSSR count). The van der Waals surface area contributed by atoms with Gasteiger partial charge in [-0.25, -0.2) is 9.82 Å². The van der Waals surface area contributed by atoms with Gasteiger partial charge in [0.1, 0.15) is 11.9 Å². The molecule has 2 heterocycles. The first-order chi connectivity index (χ1) is 13.3. The number of rotatable bonds is 4. The molecule has 0 unspecified atom stereocenters. The predicted molar refractivity (Wildman–Crippen MR) is 108 cm³/mol. The molecule has 148 valence electrons. The standard InChI is InChI=1S/C21H26FN5O/c1-14(25-26-19-17(13-23)24-20(28-19)21(2,3)4)15-8-9-18(16(22)12-15)27-10-6-5-7-11-27/h8-9,12,26H,5-7,10-11H2,1-4H3/b25-14+. The van der Waals surface area contributed by atoms with Crippen LogP contribution in [0.1, 0.15) is 64.1 Å². The Bertz CT molecular complexity index is 914. The van der Waals surface area contributed by atoms with Crippen molar-refractivity contribution in [3.05, 3.63) is 41.2 Å². The molecule has 0 saturated carbocycles. The SMILES string of the molecule is C/C(=N\Nc1oc(C(C)(C)C)nc1C#N)c1ccc(N2CCCCC2)c(F)c1. The number of oxazole rings is 1. The molecule has 0 atom stereocenters. The number of hydrogen-bond acceptors (Lipinski definition) is 6. The van der Waals surface area contributed by atoms with Gasteiger partial charge in [0.15, 0.2) is 0 Å². The van der Waals surface area contributed by atoms with Gasteiger partial charge in [0.25, 0.3) is 5.88 Å². The number of halogens is 1. The summed E-state index contributed by atoms with van der Waals surface area (Å²) in [4.78, 5) is 6.30. The van der Waals surface area contributed by atoms with Gasteiger partial charge in [0.05, 0.1) is 11.4 Å².